The molecule has 0 aliphatic heterocycles. The Balaban J connectivity index is 1.65. The van der Waals surface area contributed by atoms with Crippen molar-refractivity contribution in [2.75, 3.05) is 25.6 Å². The first-order chi connectivity index (χ1) is 17.1. The van der Waals surface area contributed by atoms with Crippen molar-refractivity contribution in [1.82, 2.24) is 15.2 Å². The third kappa shape index (κ3) is 6.64. The summed E-state index contributed by atoms with van der Waals surface area (Å²) in [6.07, 6.45) is -0.576. The zero-order valence-electron chi connectivity index (χ0n) is 19.9. The van der Waals surface area contributed by atoms with E-state index in [2.05, 4.69) is 15.6 Å². The summed E-state index contributed by atoms with van der Waals surface area (Å²) in [5.74, 6) is -1.84. The molecule has 1 heterocycles. The molecule has 0 saturated carbocycles. The van der Waals surface area contributed by atoms with Gasteiger partial charge in [-0.1, -0.05) is 36.4 Å². The van der Waals surface area contributed by atoms with Gasteiger partial charge in [-0.05, 0) is 24.4 Å². The minimum atomic E-state index is -1.26. The Labute approximate surface area is 206 Å². The Hall–Kier alpha value is -3.83. The maximum atomic E-state index is 13.9. The number of nitrogens with one attached hydrogen (secondary N) is 2. The normalized spacial score (nSPS) is 13.5. The van der Waals surface area contributed by atoms with Gasteiger partial charge in [0.15, 0.2) is 11.6 Å². The molecule has 0 bridgehead atoms. The minimum absolute atomic E-state index is 0.0487. The van der Waals surface area contributed by atoms with Gasteiger partial charge in [-0.15, -0.1) is 0 Å². The first-order valence-corrected chi connectivity index (χ1v) is 11.1. The Morgan fingerprint density at radius 1 is 1.17 bits per heavy atom. The van der Waals surface area contributed by atoms with Crippen LogP contribution in [0, 0.1) is 11.6 Å². The number of hydrogen-bond acceptors (Lipinski definition) is 6. The van der Waals surface area contributed by atoms with E-state index in [1.54, 1.807) is 19.2 Å². The van der Waals surface area contributed by atoms with Crippen LogP contribution in [0.2, 0.25) is 0 Å². The third-order valence-corrected chi connectivity index (χ3v) is 5.84. The lowest BCUT2D eigenvalue weighted by Gasteiger charge is -2.39. The highest BCUT2D eigenvalue weighted by Gasteiger charge is 2.36. The summed E-state index contributed by atoms with van der Waals surface area (Å²) in [7, 11) is 1.40. The van der Waals surface area contributed by atoms with E-state index >= 15 is 0 Å². The number of halogens is 2. The number of carbonyl (C=O) groups excluding carboxylic acids is 2. The number of urea groups is 1. The van der Waals surface area contributed by atoms with E-state index in [0.29, 0.717) is 0 Å². The average molecular weight is 503 g/mol. The molecule has 192 valence electrons. The van der Waals surface area contributed by atoms with Crippen LogP contribution in [0.3, 0.4) is 0 Å². The van der Waals surface area contributed by atoms with E-state index in [0.717, 1.165) is 16.8 Å². The number of rotatable bonds is 9. The van der Waals surface area contributed by atoms with Crippen LogP contribution in [-0.4, -0.2) is 64.1 Å². The number of fused-ring (bicyclic) bond motifs is 1. The molecule has 0 radical (unpaired) electrons. The first-order valence-electron chi connectivity index (χ1n) is 11.1. The molecule has 11 heteroatoms. The van der Waals surface area contributed by atoms with Gasteiger partial charge in [0.05, 0.1) is 18.2 Å². The summed E-state index contributed by atoms with van der Waals surface area (Å²) < 4.78 is 32.7. The van der Waals surface area contributed by atoms with Crippen LogP contribution in [0.5, 0.6) is 0 Å². The number of pyridine rings is 1. The molecule has 0 aliphatic rings. The van der Waals surface area contributed by atoms with Gasteiger partial charge in [-0.3, -0.25) is 5.32 Å². The monoisotopic (exact) mass is 502 g/mol. The van der Waals surface area contributed by atoms with Gasteiger partial charge < -0.3 is 25.2 Å². The number of anilines is 1. The summed E-state index contributed by atoms with van der Waals surface area (Å²) in [6, 6.07) is 12.1. The molecule has 1 aromatic heterocycles. The quantitative estimate of drug-likeness (QED) is 0.356. The largest absolute Gasteiger partial charge is 0.447 e. The van der Waals surface area contributed by atoms with Crippen LogP contribution in [-0.2, 0) is 11.3 Å². The molecule has 3 aromatic rings. The van der Waals surface area contributed by atoms with E-state index < -0.39 is 42.0 Å². The van der Waals surface area contributed by atoms with Gasteiger partial charge in [-0.2, -0.15) is 0 Å². The van der Waals surface area contributed by atoms with Gasteiger partial charge in [0.2, 0.25) is 0 Å². The van der Waals surface area contributed by atoms with Crippen molar-refractivity contribution in [3.8, 4) is 0 Å². The highest BCUT2D eigenvalue weighted by molar-refractivity contribution is 5.89. The molecule has 3 rings (SSSR count). The van der Waals surface area contributed by atoms with Crippen molar-refractivity contribution >= 4 is 28.7 Å². The van der Waals surface area contributed by atoms with Gasteiger partial charge in [0.25, 0.3) is 0 Å². The second-order valence-corrected chi connectivity index (χ2v) is 8.59. The lowest BCUT2D eigenvalue weighted by atomic mass is 9.93. The summed E-state index contributed by atoms with van der Waals surface area (Å²) in [5, 5.41) is 26.1. The molecule has 2 atom stereocenters. The maximum absolute atomic E-state index is 13.9. The number of aliphatic hydroxyl groups is 2. The fourth-order valence-corrected chi connectivity index (χ4v) is 3.60. The van der Waals surface area contributed by atoms with Crippen LogP contribution in [0.15, 0.2) is 54.7 Å². The molecule has 2 aromatic carbocycles. The third-order valence-electron chi connectivity index (χ3n) is 5.84. The molecule has 0 fully saturated rings. The Kier molecular flexibility index (Phi) is 8.73. The van der Waals surface area contributed by atoms with Crippen LogP contribution >= 0.6 is 0 Å². The van der Waals surface area contributed by atoms with Gasteiger partial charge in [0, 0.05) is 37.2 Å². The number of likely N-dealkylation sites (N-methyl/N-ethyl adjacent to an activating group) is 1. The Morgan fingerprint density at radius 2 is 1.89 bits per heavy atom. The Morgan fingerprint density at radius 3 is 2.61 bits per heavy atom. The van der Waals surface area contributed by atoms with Crippen molar-refractivity contribution in [2.24, 2.45) is 0 Å². The predicted molar refractivity (Wildman–Crippen MR) is 129 cm³/mol. The number of carbonyl (C=O) groups is 2. The molecule has 4 N–H and O–H groups in total. The number of amides is 3. The number of benzene rings is 2. The number of aromatic nitrogens is 1. The summed E-state index contributed by atoms with van der Waals surface area (Å²) in [6.45, 7) is 0.338. The predicted octanol–water partition coefficient (Wildman–Crippen LogP) is 3.41. The highest BCUT2D eigenvalue weighted by atomic mass is 19.2. The summed E-state index contributed by atoms with van der Waals surface area (Å²) in [5.41, 5.74) is -1.31. The van der Waals surface area contributed by atoms with E-state index in [4.69, 9.17) is 4.74 Å². The minimum Gasteiger partial charge on any atom is -0.447 e. The van der Waals surface area contributed by atoms with Crippen molar-refractivity contribution in [2.45, 2.75) is 31.5 Å². The molecule has 3 amide bonds. The first kappa shape index (κ1) is 26.8. The molecule has 9 nitrogen and oxygen atoms in total. The Bertz CT molecular complexity index is 1230. The van der Waals surface area contributed by atoms with E-state index in [9.17, 15) is 28.6 Å². The molecule has 0 spiro atoms. The molecule has 0 saturated heterocycles. The smallest absolute Gasteiger partial charge is 0.412 e. The molecule has 0 aliphatic carbocycles. The summed E-state index contributed by atoms with van der Waals surface area (Å²) in [4.78, 5) is 30.6. The van der Waals surface area contributed by atoms with Crippen LogP contribution in [0.4, 0.5) is 24.2 Å². The molecular weight excluding hydrogens is 474 g/mol. The fourth-order valence-electron chi connectivity index (χ4n) is 3.60. The average Bonchev–Trinajstić information content (AvgIpc) is 2.87. The second kappa shape index (κ2) is 11.7. The van der Waals surface area contributed by atoms with Crippen molar-refractivity contribution in [1.29, 1.82) is 0 Å². The van der Waals surface area contributed by atoms with Gasteiger partial charge in [0.1, 0.15) is 12.4 Å². The SMILES string of the molecule is CN(C(=O)NCc1cccc(F)c1F)[C@@](C)(COC(=O)Nc1cc2ccccc2cn1)C[C@@H](O)CO. The van der Waals surface area contributed by atoms with Crippen LogP contribution in [0.25, 0.3) is 10.8 Å². The molecule has 36 heavy (non-hydrogen) atoms. The number of hydrogen-bond donors (Lipinski definition) is 4. The number of ether oxygens (including phenoxy) is 1. The van der Waals surface area contributed by atoms with E-state index in [-0.39, 0.29) is 31.0 Å². The van der Waals surface area contributed by atoms with Crippen LogP contribution < -0.4 is 10.6 Å². The summed E-state index contributed by atoms with van der Waals surface area (Å²) >= 11 is 0. The highest BCUT2D eigenvalue weighted by Crippen LogP contribution is 2.22. The van der Waals surface area contributed by atoms with E-state index in [1.165, 1.54) is 24.1 Å². The maximum Gasteiger partial charge on any atom is 0.412 e. The van der Waals surface area contributed by atoms with Crippen LogP contribution in [0.1, 0.15) is 18.9 Å². The van der Waals surface area contributed by atoms with Crippen molar-refractivity contribution in [3.63, 3.8) is 0 Å². The van der Waals surface area contributed by atoms with Gasteiger partial charge >= 0.3 is 12.1 Å². The van der Waals surface area contributed by atoms with E-state index in [1.807, 2.05) is 24.3 Å². The lowest BCUT2D eigenvalue weighted by Crippen LogP contribution is -2.56. The van der Waals surface area contributed by atoms with Gasteiger partial charge in [-0.25, -0.2) is 23.4 Å². The lowest BCUT2D eigenvalue weighted by molar-refractivity contribution is 0.00810. The fraction of sp³-hybridized carbons (Fsp3) is 0.320. The molecular formula is C25H28F2N4O5. The zero-order valence-corrected chi connectivity index (χ0v) is 19.9. The zero-order chi connectivity index (χ0) is 26.3. The topological polar surface area (TPSA) is 124 Å². The van der Waals surface area contributed by atoms with Crippen molar-refractivity contribution < 1.29 is 33.3 Å². The van der Waals surface area contributed by atoms with Crippen molar-refractivity contribution in [3.05, 3.63) is 71.9 Å². The number of aliphatic hydroxyl groups excluding tert-OH is 2. The number of nitrogens with zero attached hydrogens (tertiary/aromatic N) is 2. The standard InChI is InChI=1S/C25H28F2N4O5/c1-25(11-19(33)14-32,31(2)23(34)29-13-18-8-5-9-20(26)22(18)27)15-36-24(35)30-21-10-16-6-3-4-7-17(16)12-28-21/h3-10,12,19,32-33H,11,13-15H2,1-2H3,(H,29,34)(H,28,30,35)/t19-,25-/m1/s1. The second-order valence-electron chi connectivity index (χ2n) is 8.59. The molecule has 0 unspecified atom stereocenters.